The second-order valence-corrected chi connectivity index (χ2v) is 10.6. The highest BCUT2D eigenvalue weighted by molar-refractivity contribution is 7.89. The fourth-order valence-electron chi connectivity index (χ4n) is 3.96. The van der Waals surface area contributed by atoms with E-state index in [4.69, 9.17) is 4.74 Å². The Morgan fingerprint density at radius 2 is 1.71 bits per heavy atom. The van der Waals surface area contributed by atoms with E-state index < -0.39 is 32.4 Å². The number of nitrogens with zero attached hydrogens (tertiary/aromatic N) is 4. The van der Waals surface area contributed by atoms with Gasteiger partial charge in [-0.25, -0.2) is 13.0 Å². The number of phenols is 2. The fourth-order valence-corrected chi connectivity index (χ4v) is 5.20. The van der Waals surface area contributed by atoms with Crippen molar-refractivity contribution in [3.8, 4) is 40.3 Å². The molecule has 12 heteroatoms. The van der Waals surface area contributed by atoms with Crippen LogP contribution >= 0.6 is 0 Å². The van der Waals surface area contributed by atoms with Crippen molar-refractivity contribution in [3.63, 3.8) is 0 Å². The Hall–Kier alpha value is -4.13. The second kappa shape index (κ2) is 11.1. The van der Waals surface area contributed by atoms with Crippen LogP contribution in [-0.2, 0) is 16.6 Å². The van der Waals surface area contributed by atoms with Crippen molar-refractivity contribution in [2.24, 2.45) is 0 Å². The van der Waals surface area contributed by atoms with Gasteiger partial charge in [-0.1, -0.05) is 41.5 Å². The molecule has 200 valence electrons. The molecule has 1 aromatic heterocycles. The molecule has 0 radical (unpaired) electrons. The standard InChI is InChI=1S/C26H29N5O6S/c1-17-8-4-6-10-20(17)31-25(28-29-26(31)34)19-14-24(22(33)15-21(19)32)38(35,36)30(3)16-18-9-5-7-11-23(18)37-13-12-27-2/h4-11,14-15,27,32-33H,12-13,16H2,1-3H3,(H,29,34). The number of benzene rings is 3. The average molecular weight is 540 g/mol. The fraction of sp³-hybridized carbons (Fsp3) is 0.231. The first-order chi connectivity index (χ1) is 18.1. The molecule has 38 heavy (non-hydrogen) atoms. The van der Waals surface area contributed by atoms with Crippen molar-refractivity contribution in [3.05, 3.63) is 71.8 Å². The lowest BCUT2D eigenvalue weighted by molar-refractivity contribution is 0.312. The van der Waals surface area contributed by atoms with Gasteiger partial charge < -0.3 is 25.4 Å². The number of aromatic nitrogens is 3. The molecule has 0 unspecified atom stereocenters. The average Bonchev–Trinajstić information content (AvgIpc) is 3.26. The van der Waals surface area contributed by atoms with Crippen LogP contribution in [0.3, 0.4) is 0 Å². The van der Waals surface area contributed by atoms with Crippen molar-refractivity contribution in [1.29, 1.82) is 0 Å². The Kier molecular flexibility index (Phi) is 7.86. The van der Waals surface area contributed by atoms with Gasteiger partial charge in [0.1, 0.15) is 28.8 Å². The number of hydrogen-bond donors (Lipinski definition) is 4. The van der Waals surface area contributed by atoms with E-state index in [1.165, 1.54) is 11.6 Å². The largest absolute Gasteiger partial charge is 0.507 e. The number of hydrogen-bond acceptors (Lipinski definition) is 9. The number of likely N-dealkylation sites (N-methyl/N-ethyl adjacent to an activating group) is 1. The molecule has 0 atom stereocenters. The molecule has 0 aliphatic rings. The first kappa shape index (κ1) is 26.9. The zero-order chi connectivity index (χ0) is 27.4. The molecule has 0 aliphatic carbocycles. The Labute approximate surface area is 220 Å². The van der Waals surface area contributed by atoms with Gasteiger partial charge in [0, 0.05) is 31.8 Å². The lowest BCUT2D eigenvalue weighted by atomic mass is 10.1. The van der Waals surface area contributed by atoms with Gasteiger partial charge in [0.25, 0.3) is 0 Å². The van der Waals surface area contributed by atoms with E-state index in [2.05, 4.69) is 15.5 Å². The van der Waals surface area contributed by atoms with Crippen molar-refractivity contribution in [1.82, 2.24) is 24.4 Å². The molecule has 3 aromatic carbocycles. The number of aromatic hydroxyl groups is 3. The number of aryl methyl sites for hydroxylation is 1. The van der Waals surface area contributed by atoms with E-state index in [1.54, 1.807) is 43.4 Å². The van der Waals surface area contributed by atoms with E-state index in [1.807, 2.05) is 19.1 Å². The molecule has 0 amide bonds. The summed E-state index contributed by atoms with van der Waals surface area (Å²) >= 11 is 0. The number of para-hydroxylation sites is 2. The summed E-state index contributed by atoms with van der Waals surface area (Å²) in [6.45, 7) is 2.81. The molecule has 0 fully saturated rings. The van der Waals surface area contributed by atoms with Crippen LogP contribution in [0.2, 0.25) is 0 Å². The lowest BCUT2D eigenvalue weighted by Crippen LogP contribution is -2.27. The van der Waals surface area contributed by atoms with Gasteiger partial charge in [0.2, 0.25) is 10.0 Å². The molecular weight excluding hydrogens is 510 g/mol. The quantitative estimate of drug-likeness (QED) is 0.223. The Morgan fingerprint density at radius 1 is 1.00 bits per heavy atom. The maximum Gasteiger partial charge on any atom is 0.319 e. The van der Waals surface area contributed by atoms with Crippen LogP contribution < -0.4 is 10.1 Å². The number of sulfonamides is 1. The first-order valence-corrected chi connectivity index (χ1v) is 13.2. The van der Waals surface area contributed by atoms with Crippen LogP contribution in [0.25, 0.3) is 17.1 Å². The van der Waals surface area contributed by atoms with Gasteiger partial charge in [-0.05, 0) is 37.7 Å². The number of rotatable bonds is 10. The van der Waals surface area contributed by atoms with Crippen LogP contribution in [0, 0.1) is 6.92 Å². The van der Waals surface area contributed by atoms with E-state index >= 15 is 0 Å². The van der Waals surface area contributed by atoms with Gasteiger partial charge >= 0.3 is 6.01 Å². The SMILES string of the molecule is CNCCOc1ccccc1CN(C)S(=O)(=O)c1cc(-c2nnc(O)n2-c2ccccc2C)c(O)cc1O. The van der Waals surface area contributed by atoms with Crippen molar-refractivity contribution < 1.29 is 28.5 Å². The predicted molar refractivity (Wildman–Crippen MR) is 141 cm³/mol. The molecule has 11 nitrogen and oxygen atoms in total. The van der Waals surface area contributed by atoms with Crippen molar-refractivity contribution in [2.45, 2.75) is 18.4 Å². The molecule has 0 spiro atoms. The van der Waals surface area contributed by atoms with Crippen LogP contribution in [0.15, 0.2) is 65.6 Å². The van der Waals surface area contributed by atoms with Gasteiger partial charge in [-0.2, -0.15) is 4.31 Å². The second-order valence-electron chi connectivity index (χ2n) is 8.60. The third-order valence-corrected chi connectivity index (χ3v) is 7.82. The Bertz CT molecular complexity index is 1550. The summed E-state index contributed by atoms with van der Waals surface area (Å²) in [7, 11) is -1.06. The van der Waals surface area contributed by atoms with Crippen LogP contribution in [-0.4, -0.2) is 70.1 Å². The third kappa shape index (κ3) is 5.28. The van der Waals surface area contributed by atoms with Gasteiger partial charge in [0.15, 0.2) is 5.82 Å². The third-order valence-electron chi connectivity index (χ3n) is 5.98. The summed E-state index contributed by atoms with van der Waals surface area (Å²) in [6, 6.07) is 15.8. The molecule has 0 saturated carbocycles. The predicted octanol–water partition coefficient (Wildman–Crippen LogP) is 2.78. The van der Waals surface area contributed by atoms with Crippen LogP contribution in [0.5, 0.6) is 23.3 Å². The monoisotopic (exact) mass is 539 g/mol. The van der Waals surface area contributed by atoms with Crippen LogP contribution in [0.4, 0.5) is 0 Å². The molecule has 4 N–H and O–H groups in total. The summed E-state index contributed by atoms with van der Waals surface area (Å²) in [5, 5.41) is 42.3. The van der Waals surface area contributed by atoms with E-state index in [-0.39, 0.29) is 17.9 Å². The molecule has 0 bridgehead atoms. The molecular formula is C26H29N5O6S. The van der Waals surface area contributed by atoms with Gasteiger partial charge in [-0.3, -0.25) is 0 Å². The first-order valence-electron chi connectivity index (χ1n) is 11.7. The minimum Gasteiger partial charge on any atom is -0.507 e. The Morgan fingerprint density at radius 3 is 2.45 bits per heavy atom. The summed E-state index contributed by atoms with van der Waals surface area (Å²) < 4.78 is 35.3. The number of ether oxygens (including phenoxy) is 1. The van der Waals surface area contributed by atoms with E-state index in [9.17, 15) is 23.7 Å². The molecule has 1 heterocycles. The highest BCUT2D eigenvalue weighted by Gasteiger charge is 2.29. The molecule has 4 aromatic rings. The summed E-state index contributed by atoms with van der Waals surface area (Å²) in [4.78, 5) is -0.444. The van der Waals surface area contributed by atoms with Gasteiger partial charge in [-0.15, -0.1) is 5.10 Å². The summed E-state index contributed by atoms with van der Waals surface area (Å²) in [6.07, 6.45) is 0. The van der Waals surface area contributed by atoms with E-state index in [0.717, 1.165) is 22.0 Å². The Balaban J connectivity index is 1.73. The summed E-state index contributed by atoms with van der Waals surface area (Å²) in [5.74, 6) is -0.531. The zero-order valence-electron chi connectivity index (χ0n) is 21.2. The zero-order valence-corrected chi connectivity index (χ0v) is 22.0. The van der Waals surface area contributed by atoms with E-state index in [0.29, 0.717) is 30.2 Å². The van der Waals surface area contributed by atoms with Crippen molar-refractivity contribution >= 4 is 10.0 Å². The topological polar surface area (TPSA) is 150 Å². The minimum absolute atomic E-state index is 0.00307. The molecule has 0 aliphatic heterocycles. The smallest absolute Gasteiger partial charge is 0.319 e. The van der Waals surface area contributed by atoms with Crippen molar-refractivity contribution in [2.75, 3.05) is 27.2 Å². The normalized spacial score (nSPS) is 11.7. The molecule has 0 saturated heterocycles. The minimum atomic E-state index is -4.25. The highest BCUT2D eigenvalue weighted by atomic mass is 32.2. The maximum absolute atomic E-state index is 13.6. The molecule has 4 rings (SSSR count). The summed E-state index contributed by atoms with van der Waals surface area (Å²) in [5.41, 5.74) is 1.91. The lowest BCUT2D eigenvalue weighted by Gasteiger charge is -2.20. The highest BCUT2D eigenvalue weighted by Crippen LogP contribution is 2.39. The number of phenolic OH excluding ortho intramolecular Hbond substituents is 2. The number of nitrogens with one attached hydrogen (secondary N) is 1. The van der Waals surface area contributed by atoms with Gasteiger partial charge in [0.05, 0.1) is 11.3 Å². The van der Waals surface area contributed by atoms with Crippen LogP contribution in [0.1, 0.15) is 11.1 Å². The maximum atomic E-state index is 13.6.